The first-order valence-corrected chi connectivity index (χ1v) is 7.80. The van der Waals surface area contributed by atoms with E-state index < -0.39 is 16.2 Å². The molecule has 0 bridgehead atoms. The van der Waals surface area contributed by atoms with E-state index in [9.17, 15) is 13.5 Å². The Labute approximate surface area is 114 Å². The van der Waals surface area contributed by atoms with Gasteiger partial charge in [0.2, 0.25) is 0 Å². The van der Waals surface area contributed by atoms with Gasteiger partial charge in [-0.15, -0.1) is 0 Å². The van der Waals surface area contributed by atoms with Gasteiger partial charge < -0.3 is 10.0 Å². The molecule has 0 fully saturated rings. The Morgan fingerprint density at radius 2 is 1.84 bits per heavy atom. The van der Waals surface area contributed by atoms with Crippen LogP contribution in [-0.2, 0) is 10.1 Å². The quantitative estimate of drug-likeness (QED) is 0.740. The highest BCUT2D eigenvalue weighted by Crippen LogP contribution is 2.19. The molecule has 0 saturated heterocycles. The summed E-state index contributed by atoms with van der Waals surface area (Å²) in [5, 5.41) is 10.2. The van der Waals surface area contributed by atoms with Gasteiger partial charge in [0.25, 0.3) is 10.1 Å². The summed E-state index contributed by atoms with van der Waals surface area (Å²) in [6, 6.07) is 9.19. The van der Waals surface area contributed by atoms with Crippen molar-refractivity contribution in [2.75, 3.05) is 19.3 Å². The van der Waals surface area contributed by atoms with Crippen molar-refractivity contribution in [2.45, 2.75) is 25.5 Å². The van der Waals surface area contributed by atoms with Gasteiger partial charge in [0, 0.05) is 6.04 Å². The lowest BCUT2D eigenvalue weighted by Crippen LogP contribution is -2.35. The summed E-state index contributed by atoms with van der Waals surface area (Å²) in [5.74, 6) is -0.258. The highest BCUT2D eigenvalue weighted by atomic mass is 32.2. The third-order valence-corrected chi connectivity index (χ3v) is 4.01. The number of hydrogen-bond acceptors (Lipinski definition) is 4. The first-order chi connectivity index (χ1) is 8.81. The Kier molecular flexibility index (Phi) is 5.93. The van der Waals surface area contributed by atoms with E-state index in [0.717, 1.165) is 5.56 Å². The van der Waals surface area contributed by atoms with Gasteiger partial charge in [-0.1, -0.05) is 30.3 Å². The minimum Gasteiger partial charge on any atom is -0.387 e. The van der Waals surface area contributed by atoms with Gasteiger partial charge in [0.15, 0.2) is 0 Å². The maximum absolute atomic E-state index is 10.6. The maximum Gasteiger partial charge on any atom is 0.264 e. The van der Waals surface area contributed by atoms with Gasteiger partial charge in [-0.05, 0) is 32.5 Å². The summed E-state index contributed by atoms with van der Waals surface area (Å²) < 4.78 is 29.9. The molecule has 0 saturated carbocycles. The Morgan fingerprint density at radius 1 is 1.26 bits per heavy atom. The van der Waals surface area contributed by atoms with Gasteiger partial charge in [0.05, 0.1) is 11.9 Å². The fraction of sp³-hybridized carbons (Fsp3) is 0.538. The molecule has 1 aromatic carbocycles. The van der Waals surface area contributed by atoms with Crippen molar-refractivity contribution >= 4 is 10.1 Å². The molecule has 2 N–H and O–H groups in total. The molecule has 0 spiro atoms. The molecular formula is C13H21NO4S. The van der Waals surface area contributed by atoms with Crippen LogP contribution >= 0.6 is 0 Å². The maximum atomic E-state index is 10.6. The lowest BCUT2D eigenvalue weighted by molar-refractivity contribution is 0.0727. The monoisotopic (exact) mass is 287 g/mol. The van der Waals surface area contributed by atoms with Crippen LogP contribution in [0.5, 0.6) is 0 Å². The number of aliphatic hydroxyl groups excluding tert-OH is 1. The van der Waals surface area contributed by atoms with Crippen LogP contribution < -0.4 is 0 Å². The Bertz CT molecular complexity index is 475. The average molecular weight is 287 g/mol. The third-order valence-electron chi connectivity index (χ3n) is 3.21. The van der Waals surface area contributed by atoms with Crippen molar-refractivity contribution in [1.29, 1.82) is 0 Å². The lowest BCUT2D eigenvalue weighted by Gasteiger charge is -2.29. The molecule has 0 aliphatic rings. The van der Waals surface area contributed by atoms with Gasteiger partial charge >= 0.3 is 0 Å². The molecule has 19 heavy (non-hydrogen) atoms. The van der Waals surface area contributed by atoms with Crippen molar-refractivity contribution in [3.63, 3.8) is 0 Å². The third kappa shape index (κ3) is 5.69. The van der Waals surface area contributed by atoms with Crippen LogP contribution in [-0.4, -0.2) is 48.4 Å². The lowest BCUT2D eigenvalue weighted by atomic mass is 10.0. The molecule has 0 heterocycles. The topological polar surface area (TPSA) is 77.8 Å². The second-order valence-corrected chi connectivity index (χ2v) is 6.29. The van der Waals surface area contributed by atoms with E-state index in [4.69, 9.17) is 4.55 Å². The van der Waals surface area contributed by atoms with Gasteiger partial charge in [-0.25, -0.2) is 0 Å². The Balaban J connectivity index is 2.50. The molecule has 0 aliphatic heterocycles. The Hall–Kier alpha value is -0.950. The van der Waals surface area contributed by atoms with Crippen molar-refractivity contribution < 1.29 is 18.1 Å². The van der Waals surface area contributed by atoms with Crippen molar-refractivity contribution in [2.24, 2.45) is 0 Å². The van der Waals surface area contributed by atoms with Crippen LogP contribution in [0.4, 0.5) is 0 Å². The summed E-state index contributed by atoms with van der Waals surface area (Å²) in [4.78, 5) is 1.88. The zero-order chi connectivity index (χ0) is 14.5. The van der Waals surface area contributed by atoms with Crippen LogP contribution in [0, 0.1) is 0 Å². The van der Waals surface area contributed by atoms with E-state index >= 15 is 0 Å². The van der Waals surface area contributed by atoms with Crippen molar-refractivity contribution in [1.82, 2.24) is 4.90 Å². The van der Waals surface area contributed by atoms with Crippen LogP contribution in [0.3, 0.4) is 0 Å². The van der Waals surface area contributed by atoms with Crippen molar-refractivity contribution in [3.8, 4) is 0 Å². The van der Waals surface area contributed by atoms with Gasteiger partial charge in [-0.2, -0.15) is 8.42 Å². The smallest absolute Gasteiger partial charge is 0.264 e. The number of aliphatic hydroxyl groups is 1. The summed E-state index contributed by atoms with van der Waals surface area (Å²) in [6.07, 6.45) is -0.293. The minimum atomic E-state index is -3.91. The number of likely N-dealkylation sites (N-methyl/N-ethyl adjacent to an activating group) is 1. The summed E-state index contributed by atoms with van der Waals surface area (Å²) in [7, 11) is -2.09. The molecule has 0 aromatic heterocycles. The molecular weight excluding hydrogens is 266 g/mol. The highest BCUT2D eigenvalue weighted by molar-refractivity contribution is 7.85. The summed E-state index contributed by atoms with van der Waals surface area (Å²) >= 11 is 0. The highest BCUT2D eigenvalue weighted by Gasteiger charge is 2.20. The van der Waals surface area contributed by atoms with Crippen LogP contribution in [0.2, 0.25) is 0 Å². The molecule has 5 nitrogen and oxygen atoms in total. The molecule has 0 amide bonds. The van der Waals surface area contributed by atoms with E-state index in [1.54, 1.807) is 0 Å². The average Bonchev–Trinajstić information content (AvgIpc) is 2.36. The number of hydrogen-bond donors (Lipinski definition) is 2. The Morgan fingerprint density at radius 3 is 2.37 bits per heavy atom. The molecule has 6 heteroatoms. The van der Waals surface area contributed by atoms with E-state index in [2.05, 4.69) is 0 Å². The van der Waals surface area contributed by atoms with Crippen LogP contribution in [0.1, 0.15) is 25.0 Å². The van der Waals surface area contributed by atoms with E-state index in [1.807, 2.05) is 49.2 Å². The molecule has 0 unspecified atom stereocenters. The van der Waals surface area contributed by atoms with E-state index in [0.29, 0.717) is 13.0 Å². The normalized spacial score (nSPS) is 15.4. The molecule has 0 aliphatic carbocycles. The van der Waals surface area contributed by atoms with E-state index in [1.165, 1.54) is 0 Å². The van der Waals surface area contributed by atoms with E-state index in [-0.39, 0.29) is 11.8 Å². The first-order valence-electron chi connectivity index (χ1n) is 6.19. The molecule has 2 atom stereocenters. The molecule has 1 rings (SSSR count). The number of benzene rings is 1. The predicted molar refractivity (Wildman–Crippen MR) is 74.5 cm³/mol. The second-order valence-electron chi connectivity index (χ2n) is 4.72. The summed E-state index contributed by atoms with van der Waals surface area (Å²) in [5.41, 5.74) is 0.830. The zero-order valence-electron chi connectivity index (χ0n) is 11.2. The largest absolute Gasteiger partial charge is 0.387 e. The van der Waals surface area contributed by atoms with Crippen molar-refractivity contribution in [3.05, 3.63) is 35.9 Å². The first kappa shape index (κ1) is 16.1. The second kappa shape index (κ2) is 7.00. The standard InChI is InChI=1S/C13H21NO4S/c1-11(13(15)12-7-4-3-5-8-12)14(2)9-6-10-19(16,17)18/h3-5,7-8,11,13,15H,6,9-10H2,1-2H3,(H,16,17,18)/t11-,13-/m1/s1. The summed E-state index contributed by atoms with van der Waals surface area (Å²) in [6.45, 7) is 2.37. The molecule has 1 aromatic rings. The van der Waals surface area contributed by atoms with Gasteiger partial charge in [-0.3, -0.25) is 4.55 Å². The predicted octanol–water partition coefficient (Wildman–Crippen LogP) is 1.32. The molecule has 0 radical (unpaired) electrons. The van der Waals surface area contributed by atoms with Gasteiger partial charge in [0.1, 0.15) is 0 Å². The minimum absolute atomic E-state index is 0.135. The van der Waals surface area contributed by atoms with Crippen LogP contribution in [0.25, 0.3) is 0 Å². The SMILES string of the molecule is C[C@H]([C@@H](O)c1ccccc1)N(C)CCCS(=O)(=O)O. The number of rotatable bonds is 7. The number of nitrogens with zero attached hydrogens (tertiary/aromatic N) is 1. The fourth-order valence-electron chi connectivity index (χ4n) is 1.87. The van der Waals surface area contributed by atoms with Crippen LogP contribution in [0.15, 0.2) is 30.3 Å². The molecule has 108 valence electrons. The zero-order valence-corrected chi connectivity index (χ0v) is 12.0. The fourth-order valence-corrected chi connectivity index (χ4v) is 2.36.